The fourth-order valence-electron chi connectivity index (χ4n) is 3.00. The molecule has 0 fully saturated rings. The summed E-state index contributed by atoms with van der Waals surface area (Å²) in [5.74, 6) is 2.28. The van der Waals surface area contributed by atoms with Crippen molar-refractivity contribution in [2.45, 2.75) is 4.90 Å². The summed E-state index contributed by atoms with van der Waals surface area (Å²) in [7, 11) is 0. The Morgan fingerprint density at radius 2 is 2.26 bits per heavy atom. The number of terminal acetylenes is 1. The number of anilines is 3. The van der Waals surface area contributed by atoms with E-state index in [1.165, 1.54) is 18.0 Å². The summed E-state index contributed by atoms with van der Waals surface area (Å²) in [5.41, 5.74) is 8.53. The molecule has 0 radical (unpaired) electrons. The van der Waals surface area contributed by atoms with E-state index in [1.807, 2.05) is 30.3 Å². The molecule has 0 spiro atoms. The van der Waals surface area contributed by atoms with Gasteiger partial charge in [0.25, 0.3) is 5.91 Å². The van der Waals surface area contributed by atoms with Crippen molar-refractivity contribution in [3.63, 3.8) is 0 Å². The number of rotatable bonds is 4. The second-order valence-electron chi connectivity index (χ2n) is 5.92. The molecular weight excluding hydrogens is 362 g/mol. The number of carbonyl (C=O) groups is 2. The topological polar surface area (TPSA) is 92.7 Å². The molecular formula is C19H15N5O2S. The van der Waals surface area contributed by atoms with Gasteiger partial charge in [0.15, 0.2) is 0 Å². The van der Waals surface area contributed by atoms with Crippen LogP contribution in [0.1, 0.15) is 10.4 Å². The van der Waals surface area contributed by atoms with Gasteiger partial charge in [-0.15, -0.1) is 18.2 Å². The first kappa shape index (κ1) is 17.0. The molecule has 7 nitrogen and oxygen atoms in total. The monoisotopic (exact) mass is 377 g/mol. The van der Waals surface area contributed by atoms with Crippen molar-refractivity contribution < 1.29 is 9.59 Å². The molecule has 2 aromatic heterocycles. The fourth-order valence-corrected chi connectivity index (χ4v) is 3.92. The van der Waals surface area contributed by atoms with Crippen LogP contribution in [0.25, 0.3) is 5.52 Å². The minimum absolute atomic E-state index is 0.0293. The van der Waals surface area contributed by atoms with Crippen molar-refractivity contribution >= 4 is 46.2 Å². The minimum atomic E-state index is -0.577. The van der Waals surface area contributed by atoms with Crippen molar-refractivity contribution in [1.82, 2.24) is 9.61 Å². The molecule has 0 unspecified atom stereocenters. The number of amides is 2. The summed E-state index contributed by atoms with van der Waals surface area (Å²) < 4.78 is 1.65. The zero-order valence-corrected chi connectivity index (χ0v) is 15.0. The summed E-state index contributed by atoms with van der Waals surface area (Å²) >= 11 is 1.48. The first-order valence-electron chi connectivity index (χ1n) is 8.12. The highest BCUT2D eigenvalue weighted by Crippen LogP contribution is 2.38. The highest BCUT2D eigenvalue weighted by molar-refractivity contribution is 8.00. The van der Waals surface area contributed by atoms with Crippen molar-refractivity contribution in [2.75, 3.05) is 22.5 Å². The summed E-state index contributed by atoms with van der Waals surface area (Å²) in [6.07, 6.45) is 8.63. The third-order valence-corrected chi connectivity index (χ3v) is 5.30. The number of hydrogen-bond donors (Lipinski definition) is 2. The Bertz CT molecular complexity index is 1110. The van der Waals surface area contributed by atoms with Crippen LogP contribution in [0.2, 0.25) is 0 Å². The Hall–Kier alpha value is -3.44. The predicted molar refractivity (Wildman–Crippen MR) is 105 cm³/mol. The van der Waals surface area contributed by atoms with Gasteiger partial charge in [0.2, 0.25) is 5.91 Å². The van der Waals surface area contributed by atoms with Gasteiger partial charge in [0, 0.05) is 16.8 Å². The van der Waals surface area contributed by atoms with Crippen LogP contribution in [-0.4, -0.2) is 33.7 Å². The lowest BCUT2D eigenvalue weighted by Gasteiger charge is -2.28. The number of nitrogens with zero attached hydrogens (tertiary/aromatic N) is 3. The third-order valence-electron chi connectivity index (χ3n) is 4.25. The lowest BCUT2D eigenvalue weighted by atomic mass is 10.2. The zero-order valence-electron chi connectivity index (χ0n) is 14.2. The SMILES string of the molecule is C#CCN1C(=O)CSc2ccc(Nc3c(C(N)=O)cnn4cccc34)cc21. The molecule has 1 aromatic carbocycles. The van der Waals surface area contributed by atoms with E-state index in [-0.39, 0.29) is 18.0 Å². The molecule has 1 aliphatic heterocycles. The predicted octanol–water partition coefficient (Wildman–Crippen LogP) is 2.25. The lowest BCUT2D eigenvalue weighted by molar-refractivity contribution is -0.116. The molecule has 3 aromatic rings. The van der Waals surface area contributed by atoms with Gasteiger partial charge in [-0.05, 0) is 30.3 Å². The minimum Gasteiger partial charge on any atom is -0.365 e. The highest BCUT2D eigenvalue weighted by atomic mass is 32.2. The molecule has 27 heavy (non-hydrogen) atoms. The molecule has 0 saturated carbocycles. The number of hydrogen-bond acceptors (Lipinski definition) is 5. The first-order chi connectivity index (χ1) is 13.1. The van der Waals surface area contributed by atoms with Crippen molar-refractivity contribution in [2.24, 2.45) is 5.73 Å². The standard InChI is InChI=1S/C19H15N5O2S/c1-2-7-23-15-9-12(5-6-16(15)27-11-17(23)25)22-18-13(19(20)26)10-21-24-8-3-4-14(18)24/h1,3-6,8-10,22H,7,11H2,(H2,20,26). The van der Waals surface area contributed by atoms with Crippen LogP contribution in [0.5, 0.6) is 0 Å². The molecule has 3 heterocycles. The van der Waals surface area contributed by atoms with Crippen LogP contribution in [0.3, 0.4) is 0 Å². The highest BCUT2D eigenvalue weighted by Gasteiger charge is 2.24. The van der Waals surface area contributed by atoms with E-state index in [0.717, 1.165) is 16.1 Å². The molecule has 2 amide bonds. The normalized spacial score (nSPS) is 13.3. The molecule has 0 atom stereocenters. The smallest absolute Gasteiger partial charge is 0.252 e. The van der Waals surface area contributed by atoms with Gasteiger partial charge in [-0.2, -0.15) is 5.10 Å². The van der Waals surface area contributed by atoms with Gasteiger partial charge in [-0.25, -0.2) is 4.52 Å². The molecule has 4 rings (SSSR count). The van der Waals surface area contributed by atoms with Crippen LogP contribution in [-0.2, 0) is 4.79 Å². The van der Waals surface area contributed by atoms with Crippen LogP contribution >= 0.6 is 11.8 Å². The number of fused-ring (bicyclic) bond motifs is 2. The number of carbonyl (C=O) groups excluding carboxylic acids is 2. The number of nitrogens with two attached hydrogens (primary N) is 1. The quantitative estimate of drug-likeness (QED) is 0.681. The molecule has 0 saturated heterocycles. The van der Waals surface area contributed by atoms with E-state index in [4.69, 9.17) is 12.2 Å². The largest absolute Gasteiger partial charge is 0.365 e. The van der Waals surface area contributed by atoms with Crippen LogP contribution in [0.4, 0.5) is 17.1 Å². The second kappa shape index (κ2) is 6.70. The number of thioether (sulfide) groups is 1. The molecule has 134 valence electrons. The number of aromatic nitrogens is 2. The molecule has 8 heteroatoms. The Kier molecular flexibility index (Phi) is 4.22. The van der Waals surface area contributed by atoms with Gasteiger partial charge >= 0.3 is 0 Å². The van der Waals surface area contributed by atoms with Gasteiger partial charge in [-0.1, -0.05) is 5.92 Å². The summed E-state index contributed by atoms with van der Waals surface area (Å²) in [5, 5.41) is 7.43. The molecule has 0 aliphatic carbocycles. The van der Waals surface area contributed by atoms with E-state index in [9.17, 15) is 9.59 Å². The van der Waals surface area contributed by atoms with Gasteiger partial charge in [0.1, 0.15) is 0 Å². The van der Waals surface area contributed by atoms with E-state index in [0.29, 0.717) is 17.1 Å². The Morgan fingerprint density at radius 3 is 3.04 bits per heavy atom. The van der Waals surface area contributed by atoms with E-state index < -0.39 is 5.91 Å². The van der Waals surface area contributed by atoms with Crippen molar-refractivity contribution in [3.05, 3.63) is 48.3 Å². The summed E-state index contributed by atoms with van der Waals surface area (Å²) in [4.78, 5) is 26.6. The summed E-state index contributed by atoms with van der Waals surface area (Å²) in [6, 6.07) is 9.33. The second-order valence-corrected chi connectivity index (χ2v) is 6.93. The maximum Gasteiger partial charge on any atom is 0.252 e. The first-order valence-corrected chi connectivity index (χ1v) is 9.11. The Morgan fingerprint density at radius 1 is 1.41 bits per heavy atom. The van der Waals surface area contributed by atoms with Gasteiger partial charge < -0.3 is 11.1 Å². The maximum atomic E-state index is 12.2. The number of nitrogens with one attached hydrogen (secondary N) is 1. The van der Waals surface area contributed by atoms with E-state index in [2.05, 4.69) is 16.3 Å². The summed E-state index contributed by atoms with van der Waals surface area (Å²) in [6.45, 7) is 0.209. The van der Waals surface area contributed by atoms with E-state index in [1.54, 1.807) is 15.6 Å². The number of primary amides is 1. The lowest BCUT2D eigenvalue weighted by Crippen LogP contribution is -2.35. The Balaban J connectivity index is 1.79. The molecule has 0 bridgehead atoms. The third kappa shape index (κ3) is 2.98. The molecule has 1 aliphatic rings. The van der Waals surface area contributed by atoms with Crippen molar-refractivity contribution in [1.29, 1.82) is 0 Å². The van der Waals surface area contributed by atoms with Crippen LogP contribution in [0, 0.1) is 12.3 Å². The van der Waals surface area contributed by atoms with Crippen LogP contribution in [0.15, 0.2) is 47.6 Å². The fraction of sp³-hybridized carbons (Fsp3) is 0.105. The van der Waals surface area contributed by atoms with Crippen molar-refractivity contribution in [3.8, 4) is 12.3 Å². The molecule has 3 N–H and O–H groups in total. The van der Waals surface area contributed by atoms with Gasteiger partial charge in [0.05, 0.1) is 40.9 Å². The average molecular weight is 377 g/mol. The van der Waals surface area contributed by atoms with E-state index >= 15 is 0 Å². The average Bonchev–Trinajstić information content (AvgIpc) is 3.13. The Labute approximate surface area is 159 Å². The van der Waals surface area contributed by atoms with Gasteiger partial charge in [-0.3, -0.25) is 14.5 Å². The zero-order chi connectivity index (χ0) is 19.0. The van der Waals surface area contributed by atoms with Crippen LogP contribution < -0.4 is 16.0 Å². The maximum absolute atomic E-state index is 12.2. The number of benzene rings is 1.